The van der Waals surface area contributed by atoms with Crippen LogP contribution >= 0.6 is 0 Å². The summed E-state index contributed by atoms with van der Waals surface area (Å²) in [5.41, 5.74) is 2.79. The summed E-state index contributed by atoms with van der Waals surface area (Å²) in [5.74, 6) is -0.121. The van der Waals surface area contributed by atoms with Gasteiger partial charge in [-0.2, -0.15) is 0 Å². The molecule has 1 aliphatic rings. The van der Waals surface area contributed by atoms with Crippen molar-refractivity contribution >= 4 is 11.9 Å². The third kappa shape index (κ3) is 6.00. The standard InChI is InChI=1S/C27H33NO4/c1-4-5-6-7-19-8-10-21(11-9-19)26(29)28-23-15-12-22(18-23)25(27(30)32-3)20-13-16-24(31-2)17-14-20/h8-17,22-23,25H,4-7,18H2,1-3H3,(H,28,29)/t22-,23-,25+/m1/s1. The van der Waals surface area contributed by atoms with Gasteiger partial charge in [0.15, 0.2) is 0 Å². The molecule has 0 aromatic heterocycles. The lowest BCUT2D eigenvalue weighted by atomic mass is 9.85. The van der Waals surface area contributed by atoms with Crippen molar-refractivity contribution in [3.63, 3.8) is 0 Å². The first-order valence-corrected chi connectivity index (χ1v) is 11.4. The van der Waals surface area contributed by atoms with E-state index in [-0.39, 0.29) is 23.8 Å². The molecule has 0 unspecified atom stereocenters. The van der Waals surface area contributed by atoms with Crippen molar-refractivity contribution in [1.29, 1.82) is 0 Å². The first-order valence-electron chi connectivity index (χ1n) is 11.4. The van der Waals surface area contributed by atoms with Gasteiger partial charge in [-0.3, -0.25) is 9.59 Å². The molecule has 0 aliphatic heterocycles. The second-order valence-corrected chi connectivity index (χ2v) is 8.29. The van der Waals surface area contributed by atoms with Crippen molar-refractivity contribution in [3.05, 3.63) is 77.4 Å². The molecule has 5 nitrogen and oxygen atoms in total. The number of hydrogen-bond acceptors (Lipinski definition) is 4. The molecule has 0 spiro atoms. The van der Waals surface area contributed by atoms with E-state index in [1.54, 1.807) is 7.11 Å². The fourth-order valence-electron chi connectivity index (χ4n) is 4.23. The SMILES string of the molecule is CCCCCc1ccc(C(=O)N[C@@H]2C=C[C@@H]([C@@H](C(=O)OC)c3ccc(OC)cc3)C2)cc1. The van der Waals surface area contributed by atoms with Gasteiger partial charge in [0.2, 0.25) is 0 Å². The molecule has 0 saturated carbocycles. The average molecular weight is 436 g/mol. The zero-order valence-electron chi connectivity index (χ0n) is 19.2. The average Bonchev–Trinajstić information content (AvgIpc) is 3.27. The lowest BCUT2D eigenvalue weighted by molar-refractivity contribution is -0.143. The molecule has 1 N–H and O–H groups in total. The summed E-state index contributed by atoms with van der Waals surface area (Å²) in [5, 5.41) is 3.08. The van der Waals surface area contributed by atoms with E-state index in [0.29, 0.717) is 12.0 Å². The number of hydrogen-bond donors (Lipinski definition) is 1. The van der Waals surface area contributed by atoms with Gasteiger partial charge in [0.1, 0.15) is 5.75 Å². The monoisotopic (exact) mass is 435 g/mol. The van der Waals surface area contributed by atoms with Crippen LogP contribution in [0.4, 0.5) is 0 Å². The number of amides is 1. The van der Waals surface area contributed by atoms with Crippen LogP contribution in [-0.4, -0.2) is 32.1 Å². The van der Waals surface area contributed by atoms with Gasteiger partial charge >= 0.3 is 5.97 Å². The van der Waals surface area contributed by atoms with Crippen LogP contribution in [-0.2, 0) is 16.0 Å². The minimum atomic E-state index is -0.425. The molecule has 1 amide bonds. The molecule has 0 saturated heterocycles. The molecular formula is C27H33NO4. The van der Waals surface area contributed by atoms with E-state index in [1.165, 1.54) is 31.9 Å². The highest BCUT2D eigenvalue weighted by atomic mass is 16.5. The van der Waals surface area contributed by atoms with Crippen LogP contribution < -0.4 is 10.1 Å². The molecule has 0 radical (unpaired) electrons. The summed E-state index contributed by atoms with van der Waals surface area (Å²) < 4.78 is 10.3. The molecule has 2 aromatic carbocycles. The number of esters is 1. The molecule has 2 aromatic rings. The maximum absolute atomic E-state index is 12.7. The molecule has 1 aliphatic carbocycles. The summed E-state index contributed by atoms with van der Waals surface area (Å²) in [4.78, 5) is 25.3. The van der Waals surface area contributed by atoms with E-state index >= 15 is 0 Å². The lowest BCUT2D eigenvalue weighted by Crippen LogP contribution is -2.33. The minimum Gasteiger partial charge on any atom is -0.497 e. The Hall–Kier alpha value is -3.08. The third-order valence-corrected chi connectivity index (χ3v) is 6.08. The summed E-state index contributed by atoms with van der Waals surface area (Å²) in [6, 6.07) is 15.2. The highest BCUT2D eigenvalue weighted by molar-refractivity contribution is 5.94. The summed E-state index contributed by atoms with van der Waals surface area (Å²) >= 11 is 0. The van der Waals surface area contributed by atoms with Gasteiger partial charge in [-0.05, 0) is 60.6 Å². The summed E-state index contributed by atoms with van der Waals surface area (Å²) in [7, 11) is 3.02. The Morgan fingerprint density at radius 2 is 1.72 bits per heavy atom. The number of carbonyl (C=O) groups excluding carboxylic acids is 2. The van der Waals surface area contributed by atoms with Crippen LogP contribution in [0.25, 0.3) is 0 Å². The maximum Gasteiger partial charge on any atom is 0.313 e. The van der Waals surface area contributed by atoms with E-state index in [0.717, 1.165) is 17.7 Å². The summed E-state index contributed by atoms with van der Waals surface area (Å²) in [6.07, 6.45) is 9.27. The van der Waals surface area contributed by atoms with E-state index in [4.69, 9.17) is 9.47 Å². The minimum absolute atomic E-state index is 0.0536. The number of carbonyl (C=O) groups is 2. The topological polar surface area (TPSA) is 64.6 Å². The van der Waals surface area contributed by atoms with Gasteiger partial charge in [0.25, 0.3) is 5.91 Å². The highest BCUT2D eigenvalue weighted by Gasteiger charge is 2.34. The van der Waals surface area contributed by atoms with Crippen LogP contribution in [0.1, 0.15) is 60.0 Å². The van der Waals surface area contributed by atoms with Crippen LogP contribution in [0.3, 0.4) is 0 Å². The van der Waals surface area contributed by atoms with Crippen LogP contribution in [0.2, 0.25) is 0 Å². The smallest absolute Gasteiger partial charge is 0.313 e. The Balaban J connectivity index is 1.61. The molecule has 170 valence electrons. The predicted octanol–water partition coefficient (Wildman–Crippen LogP) is 5.06. The van der Waals surface area contributed by atoms with Gasteiger partial charge in [-0.1, -0.05) is 56.2 Å². The van der Waals surface area contributed by atoms with Gasteiger partial charge in [0.05, 0.1) is 20.1 Å². The number of ether oxygens (including phenoxy) is 2. The van der Waals surface area contributed by atoms with Crippen LogP contribution in [0.15, 0.2) is 60.7 Å². The number of nitrogens with one attached hydrogen (secondary N) is 1. The predicted molar refractivity (Wildman–Crippen MR) is 126 cm³/mol. The third-order valence-electron chi connectivity index (χ3n) is 6.08. The molecule has 5 heteroatoms. The first kappa shape index (κ1) is 23.6. The normalized spacial score (nSPS) is 18.2. The number of rotatable bonds is 10. The highest BCUT2D eigenvalue weighted by Crippen LogP contribution is 2.35. The molecule has 0 heterocycles. The Labute approximate surface area is 190 Å². The Morgan fingerprint density at radius 3 is 2.34 bits per heavy atom. The van der Waals surface area contributed by atoms with Crippen LogP contribution in [0.5, 0.6) is 5.75 Å². The van der Waals surface area contributed by atoms with E-state index in [2.05, 4.69) is 12.2 Å². The second-order valence-electron chi connectivity index (χ2n) is 8.29. The van der Waals surface area contributed by atoms with Gasteiger partial charge in [-0.25, -0.2) is 0 Å². The molecule has 32 heavy (non-hydrogen) atoms. The molecular weight excluding hydrogens is 402 g/mol. The second kappa shape index (κ2) is 11.5. The fraction of sp³-hybridized carbons (Fsp3) is 0.407. The zero-order valence-corrected chi connectivity index (χ0v) is 19.2. The number of methoxy groups -OCH3 is 2. The van der Waals surface area contributed by atoms with Gasteiger partial charge in [0, 0.05) is 11.6 Å². The van der Waals surface area contributed by atoms with Crippen molar-refractivity contribution < 1.29 is 19.1 Å². The van der Waals surface area contributed by atoms with E-state index < -0.39 is 5.92 Å². The lowest BCUT2D eigenvalue weighted by Gasteiger charge is -2.22. The number of unbranched alkanes of at least 4 members (excludes halogenated alkanes) is 2. The largest absolute Gasteiger partial charge is 0.497 e. The Kier molecular flexibility index (Phi) is 8.48. The quantitative estimate of drug-likeness (QED) is 0.322. The fourth-order valence-corrected chi connectivity index (χ4v) is 4.23. The number of aryl methyl sites for hydroxylation is 1. The number of benzene rings is 2. The first-order chi connectivity index (χ1) is 15.5. The summed E-state index contributed by atoms with van der Waals surface area (Å²) in [6.45, 7) is 2.19. The zero-order chi connectivity index (χ0) is 22.9. The molecule has 0 fully saturated rings. The van der Waals surface area contributed by atoms with E-state index in [9.17, 15) is 9.59 Å². The van der Waals surface area contributed by atoms with Crippen molar-refractivity contribution in [3.8, 4) is 5.75 Å². The van der Waals surface area contributed by atoms with Crippen LogP contribution in [0, 0.1) is 5.92 Å². The van der Waals surface area contributed by atoms with Crippen molar-refractivity contribution in [1.82, 2.24) is 5.32 Å². The van der Waals surface area contributed by atoms with Gasteiger partial charge < -0.3 is 14.8 Å². The Bertz CT molecular complexity index is 918. The Morgan fingerprint density at radius 1 is 1.00 bits per heavy atom. The van der Waals surface area contributed by atoms with E-state index in [1.807, 2.05) is 60.7 Å². The maximum atomic E-state index is 12.7. The molecule has 3 rings (SSSR count). The van der Waals surface area contributed by atoms with Crippen molar-refractivity contribution in [2.24, 2.45) is 5.92 Å². The van der Waals surface area contributed by atoms with Crippen molar-refractivity contribution in [2.75, 3.05) is 14.2 Å². The van der Waals surface area contributed by atoms with Crippen molar-refractivity contribution in [2.45, 2.75) is 51.0 Å². The molecule has 0 bridgehead atoms. The number of allylic oxidation sites excluding steroid dienone is 1. The van der Waals surface area contributed by atoms with Gasteiger partial charge in [-0.15, -0.1) is 0 Å². The molecule has 3 atom stereocenters.